The van der Waals surface area contributed by atoms with E-state index < -0.39 is 0 Å². The first kappa shape index (κ1) is 20.4. The van der Waals surface area contributed by atoms with E-state index in [0.717, 1.165) is 0 Å². The lowest BCUT2D eigenvalue weighted by molar-refractivity contribution is 0.102. The monoisotopic (exact) mass is 418 g/mol. The number of ketones is 1. The molecule has 0 saturated heterocycles. The minimum absolute atomic E-state index is 0.116. The van der Waals surface area contributed by atoms with Gasteiger partial charge < -0.3 is 9.47 Å². The SMILES string of the molecule is COCCn1c(SCC(=O)c2ccc(OC)c(Cl)c2)nc2ccccc2c1=O. The first-order valence-electron chi connectivity index (χ1n) is 8.53. The van der Waals surface area contributed by atoms with Crippen molar-refractivity contribution in [1.82, 2.24) is 9.55 Å². The molecule has 0 bridgehead atoms. The number of thioether (sulfide) groups is 1. The highest BCUT2D eigenvalue weighted by atomic mass is 35.5. The van der Waals surface area contributed by atoms with E-state index >= 15 is 0 Å². The average molecular weight is 419 g/mol. The second-order valence-electron chi connectivity index (χ2n) is 5.92. The Bertz CT molecular complexity index is 1070. The van der Waals surface area contributed by atoms with Crippen LogP contribution in [-0.4, -0.2) is 41.9 Å². The van der Waals surface area contributed by atoms with Crippen molar-refractivity contribution in [2.24, 2.45) is 0 Å². The third-order valence-corrected chi connectivity index (χ3v) is 5.42. The van der Waals surface area contributed by atoms with Crippen LogP contribution in [0.1, 0.15) is 10.4 Å². The number of benzene rings is 2. The fourth-order valence-corrected chi connectivity index (χ4v) is 3.87. The van der Waals surface area contributed by atoms with Crippen LogP contribution in [-0.2, 0) is 11.3 Å². The number of fused-ring (bicyclic) bond motifs is 1. The molecule has 0 saturated carbocycles. The second-order valence-corrected chi connectivity index (χ2v) is 7.27. The van der Waals surface area contributed by atoms with Gasteiger partial charge in [-0.15, -0.1) is 0 Å². The predicted molar refractivity (Wildman–Crippen MR) is 111 cm³/mol. The van der Waals surface area contributed by atoms with Crippen LogP contribution in [0.2, 0.25) is 5.02 Å². The fourth-order valence-electron chi connectivity index (χ4n) is 2.69. The molecule has 0 atom stereocenters. The first-order chi connectivity index (χ1) is 13.5. The lowest BCUT2D eigenvalue weighted by Gasteiger charge is -2.12. The number of aromatic nitrogens is 2. The number of halogens is 1. The summed E-state index contributed by atoms with van der Waals surface area (Å²) in [5, 5.41) is 1.39. The van der Waals surface area contributed by atoms with E-state index in [1.54, 1.807) is 48.1 Å². The van der Waals surface area contributed by atoms with Crippen LogP contribution in [0, 0.1) is 0 Å². The van der Waals surface area contributed by atoms with E-state index in [1.165, 1.54) is 18.9 Å². The predicted octanol–water partition coefficient (Wildman–Crippen LogP) is 3.68. The smallest absolute Gasteiger partial charge is 0.262 e. The molecule has 0 aliphatic heterocycles. The molecule has 1 heterocycles. The largest absolute Gasteiger partial charge is 0.495 e. The lowest BCUT2D eigenvalue weighted by atomic mass is 10.1. The van der Waals surface area contributed by atoms with Gasteiger partial charge in [0.25, 0.3) is 5.56 Å². The van der Waals surface area contributed by atoms with Crippen molar-refractivity contribution >= 4 is 40.0 Å². The van der Waals surface area contributed by atoms with Gasteiger partial charge in [-0.05, 0) is 30.3 Å². The molecule has 8 heteroatoms. The molecule has 0 amide bonds. The molecule has 0 spiro atoms. The van der Waals surface area contributed by atoms with Gasteiger partial charge in [0.2, 0.25) is 0 Å². The molecular weight excluding hydrogens is 400 g/mol. The number of carbonyl (C=O) groups excluding carboxylic acids is 1. The van der Waals surface area contributed by atoms with Gasteiger partial charge in [0, 0.05) is 12.7 Å². The van der Waals surface area contributed by atoms with E-state index in [2.05, 4.69) is 4.98 Å². The number of carbonyl (C=O) groups is 1. The van der Waals surface area contributed by atoms with Crippen molar-refractivity contribution in [2.45, 2.75) is 11.7 Å². The summed E-state index contributed by atoms with van der Waals surface area (Å²) in [7, 11) is 3.09. The van der Waals surface area contributed by atoms with Gasteiger partial charge in [-0.1, -0.05) is 35.5 Å². The van der Waals surface area contributed by atoms with Crippen molar-refractivity contribution in [3.63, 3.8) is 0 Å². The summed E-state index contributed by atoms with van der Waals surface area (Å²) < 4.78 is 11.8. The summed E-state index contributed by atoms with van der Waals surface area (Å²) in [6.07, 6.45) is 0. The third-order valence-electron chi connectivity index (χ3n) is 4.15. The topological polar surface area (TPSA) is 70.4 Å². The Kier molecular flexibility index (Phi) is 6.72. The molecule has 0 aliphatic rings. The second kappa shape index (κ2) is 9.23. The molecule has 2 aromatic carbocycles. The van der Waals surface area contributed by atoms with Gasteiger partial charge in [-0.3, -0.25) is 14.2 Å². The molecule has 0 N–H and O–H groups in total. The zero-order valence-corrected chi connectivity index (χ0v) is 17.0. The number of methoxy groups -OCH3 is 2. The van der Waals surface area contributed by atoms with Crippen LogP contribution in [0.3, 0.4) is 0 Å². The molecule has 0 radical (unpaired) electrons. The number of rotatable bonds is 8. The minimum Gasteiger partial charge on any atom is -0.495 e. The number of hydrogen-bond acceptors (Lipinski definition) is 6. The van der Waals surface area contributed by atoms with Crippen molar-refractivity contribution in [2.75, 3.05) is 26.6 Å². The number of Topliss-reactive ketones (excluding diaryl/α,β-unsaturated/α-hetero) is 1. The van der Waals surface area contributed by atoms with Crippen molar-refractivity contribution in [3.8, 4) is 5.75 Å². The molecule has 0 unspecified atom stereocenters. The Morgan fingerprint density at radius 3 is 2.71 bits per heavy atom. The van der Waals surface area contributed by atoms with Gasteiger partial charge in [0.15, 0.2) is 10.9 Å². The van der Waals surface area contributed by atoms with Gasteiger partial charge >= 0.3 is 0 Å². The Hall–Kier alpha value is -2.35. The number of hydrogen-bond donors (Lipinski definition) is 0. The highest BCUT2D eigenvalue weighted by molar-refractivity contribution is 7.99. The van der Waals surface area contributed by atoms with Crippen LogP contribution in [0.4, 0.5) is 0 Å². The third kappa shape index (κ3) is 4.38. The zero-order valence-electron chi connectivity index (χ0n) is 15.5. The summed E-state index contributed by atoms with van der Waals surface area (Å²) in [6.45, 7) is 0.730. The van der Waals surface area contributed by atoms with Crippen LogP contribution in [0.25, 0.3) is 10.9 Å². The highest BCUT2D eigenvalue weighted by Crippen LogP contribution is 2.26. The average Bonchev–Trinajstić information content (AvgIpc) is 2.71. The molecule has 0 fully saturated rings. The Morgan fingerprint density at radius 2 is 2.00 bits per heavy atom. The normalized spacial score (nSPS) is 11.0. The maximum Gasteiger partial charge on any atom is 0.262 e. The van der Waals surface area contributed by atoms with Gasteiger partial charge in [0.05, 0.1) is 41.9 Å². The molecule has 0 aliphatic carbocycles. The summed E-state index contributed by atoms with van der Waals surface area (Å²) in [5.41, 5.74) is 0.929. The summed E-state index contributed by atoms with van der Waals surface area (Å²) >= 11 is 7.32. The number of para-hydroxylation sites is 1. The fraction of sp³-hybridized carbons (Fsp3) is 0.250. The van der Waals surface area contributed by atoms with Crippen molar-refractivity contribution in [3.05, 3.63) is 63.4 Å². The van der Waals surface area contributed by atoms with E-state index in [-0.39, 0.29) is 17.1 Å². The lowest BCUT2D eigenvalue weighted by Crippen LogP contribution is -2.25. The minimum atomic E-state index is -0.148. The van der Waals surface area contributed by atoms with E-state index in [9.17, 15) is 9.59 Å². The summed E-state index contributed by atoms with van der Waals surface area (Å²) in [4.78, 5) is 30.0. The quantitative estimate of drug-likeness (QED) is 0.316. The van der Waals surface area contributed by atoms with E-state index in [4.69, 9.17) is 21.1 Å². The Morgan fingerprint density at radius 1 is 1.21 bits per heavy atom. The van der Waals surface area contributed by atoms with E-state index in [0.29, 0.717) is 45.5 Å². The van der Waals surface area contributed by atoms with Crippen LogP contribution < -0.4 is 10.3 Å². The maximum absolute atomic E-state index is 12.8. The standard InChI is InChI=1S/C20H19ClN2O4S/c1-26-10-9-23-19(25)14-5-3-4-6-16(14)22-20(23)28-12-17(24)13-7-8-18(27-2)15(21)11-13/h3-8,11H,9-10,12H2,1-2H3. The Balaban J connectivity index is 1.87. The summed E-state index contributed by atoms with van der Waals surface area (Å²) in [6, 6.07) is 12.1. The van der Waals surface area contributed by atoms with Gasteiger partial charge in [-0.25, -0.2) is 4.98 Å². The molecule has 3 aromatic rings. The van der Waals surface area contributed by atoms with Crippen molar-refractivity contribution in [1.29, 1.82) is 0 Å². The molecule has 1 aromatic heterocycles. The van der Waals surface area contributed by atoms with Crippen LogP contribution in [0.5, 0.6) is 5.75 Å². The molecule has 6 nitrogen and oxygen atoms in total. The molecule has 28 heavy (non-hydrogen) atoms. The Labute approximate surface area is 171 Å². The summed E-state index contributed by atoms with van der Waals surface area (Å²) in [5.74, 6) is 0.520. The number of nitrogens with zero attached hydrogens (tertiary/aromatic N) is 2. The van der Waals surface area contributed by atoms with Crippen LogP contribution >= 0.6 is 23.4 Å². The van der Waals surface area contributed by atoms with Crippen LogP contribution in [0.15, 0.2) is 52.4 Å². The molecular formula is C20H19ClN2O4S. The zero-order chi connectivity index (χ0) is 20.1. The maximum atomic E-state index is 12.8. The first-order valence-corrected chi connectivity index (χ1v) is 9.89. The van der Waals surface area contributed by atoms with Gasteiger partial charge in [0.1, 0.15) is 5.75 Å². The highest BCUT2D eigenvalue weighted by Gasteiger charge is 2.15. The molecule has 146 valence electrons. The van der Waals surface area contributed by atoms with E-state index in [1.807, 2.05) is 6.07 Å². The van der Waals surface area contributed by atoms with Crippen molar-refractivity contribution < 1.29 is 14.3 Å². The molecule has 3 rings (SSSR count). The number of ether oxygens (including phenoxy) is 2. The van der Waals surface area contributed by atoms with Gasteiger partial charge in [-0.2, -0.15) is 0 Å².